The summed E-state index contributed by atoms with van der Waals surface area (Å²) in [6, 6.07) is -1.08. The lowest BCUT2D eigenvalue weighted by Gasteiger charge is -2.26. The predicted molar refractivity (Wildman–Crippen MR) is 54.4 cm³/mol. The molecule has 3 N–H and O–H groups in total. The smallest absolute Gasteiger partial charge is 0.327 e. The summed E-state index contributed by atoms with van der Waals surface area (Å²) in [6.45, 7) is 3.15. The Balaban J connectivity index is 4.28. The number of carboxylic acids is 1. The number of aliphatic hydroxyl groups excluding tert-OH is 1. The van der Waals surface area contributed by atoms with Crippen molar-refractivity contribution in [3.8, 4) is 0 Å². The SMILES string of the molecule is CC(=O)NC(CN(C)C(C)CO)C(=O)O. The highest BCUT2D eigenvalue weighted by atomic mass is 16.4. The molecule has 0 aromatic carbocycles. The van der Waals surface area contributed by atoms with Gasteiger partial charge in [-0.05, 0) is 14.0 Å². The first kappa shape index (κ1) is 13.9. The van der Waals surface area contributed by atoms with Crippen molar-refractivity contribution in [3.05, 3.63) is 0 Å². The van der Waals surface area contributed by atoms with Gasteiger partial charge in [-0.1, -0.05) is 0 Å². The molecule has 15 heavy (non-hydrogen) atoms. The molecule has 0 bridgehead atoms. The molecule has 0 rings (SSSR count). The van der Waals surface area contributed by atoms with Gasteiger partial charge >= 0.3 is 5.97 Å². The van der Waals surface area contributed by atoms with Crippen LogP contribution in [0.3, 0.4) is 0 Å². The molecule has 6 heteroatoms. The highest BCUT2D eigenvalue weighted by Crippen LogP contribution is 1.97. The first-order chi connectivity index (χ1) is 6.88. The van der Waals surface area contributed by atoms with E-state index in [1.807, 2.05) is 0 Å². The molecule has 0 aliphatic heterocycles. The Morgan fingerprint density at radius 2 is 2.00 bits per heavy atom. The molecule has 0 fully saturated rings. The minimum absolute atomic E-state index is 0.0527. The van der Waals surface area contributed by atoms with Crippen molar-refractivity contribution in [3.63, 3.8) is 0 Å². The normalized spacial score (nSPS) is 14.7. The Bertz CT molecular complexity index is 232. The second-order valence-electron chi connectivity index (χ2n) is 3.56. The van der Waals surface area contributed by atoms with Gasteiger partial charge in [-0.25, -0.2) is 4.79 Å². The minimum Gasteiger partial charge on any atom is -0.480 e. The molecular weight excluding hydrogens is 200 g/mol. The van der Waals surface area contributed by atoms with Crippen molar-refractivity contribution in [1.82, 2.24) is 10.2 Å². The average Bonchev–Trinajstić information content (AvgIpc) is 2.14. The largest absolute Gasteiger partial charge is 0.480 e. The van der Waals surface area contributed by atoms with Crippen LogP contribution in [0.5, 0.6) is 0 Å². The average molecular weight is 218 g/mol. The van der Waals surface area contributed by atoms with E-state index in [0.717, 1.165) is 0 Å². The molecule has 0 spiro atoms. The third-order valence-corrected chi connectivity index (χ3v) is 2.16. The van der Waals surface area contributed by atoms with Gasteiger partial charge in [0.15, 0.2) is 0 Å². The van der Waals surface area contributed by atoms with E-state index in [1.54, 1.807) is 18.9 Å². The Kier molecular flexibility index (Phi) is 5.88. The highest BCUT2D eigenvalue weighted by molar-refractivity contribution is 5.82. The highest BCUT2D eigenvalue weighted by Gasteiger charge is 2.21. The third kappa shape index (κ3) is 5.34. The molecule has 0 aromatic rings. The summed E-state index contributed by atoms with van der Waals surface area (Å²) in [4.78, 5) is 23.2. The van der Waals surface area contributed by atoms with E-state index < -0.39 is 12.0 Å². The number of carbonyl (C=O) groups excluding carboxylic acids is 1. The Labute approximate surface area is 88.9 Å². The molecule has 2 unspecified atom stereocenters. The second kappa shape index (κ2) is 6.36. The molecule has 0 heterocycles. The molecule has 0 aromatic heterocycles. The molecule has 88 valence electrons. The number of carbonyl (C=O) groups is 2. The van der Waals surface area contributed by atoms with Crippen LogP contribution in [-0.4, -0.2) is 59.3 Å². The van der Waals surface area contributed by atoms with Gasteiger partial charge in [-0.2, -0.15) is 0 Å². The summed E-state index contributed by atoms with van der Waals surface area (Å²) in [6.07, 6.45) is 0. The van der Waals surface area contributed by atoms with Gasteiger partial charge in [0.25, 0.3) is 0 Å². The van der Waals surface area contributed by atoms with Gasteiger partial charge in [0, 0.05) is 19.5 Å². The van der Waals surface area contributed by atoms with Gasteiger partial charge in [-0.15, -0.1) is 0 Å². The van der Waals surface area contributed by atoms with Crippen LogP contribution in [0.25, 0.3) is 0 Å². The van der Waals surface area contributed by atoms with Crippen LogP contribution in [0.1, 0.15) is 13.8 Å². The Morgan fingerprint density at radius 3 is 2.33 bits per heavy atom. The molecular formula is C9H18N2O4. The molecule has 6 nitrogen and oxygen atoms in total. The summed E-state index contributed by atoms with van der Waals surface area (Å²) in [5, 5.41) is 20.0. The molecule has 0 aliphatic carbocycles. The number of nitrogens with one attached hydrogen (secondary N) is 1. The van der Waals surface area contributed by atoms with Crippen molar-refractivity contribution in [2.45, 2.75) is 25.9 Å². The fourth-order valence-corrected chi connectivity index (χ4v) is 1.04. The number of nitrogens with zero attached hydrogens (tertiary/aromatic N) is 1. The van der Waals surface area contributed by atoms with Gasteiger partial charge in [0.05, 0.1) is 6.61 Å². The third-order valence-electron chi connectivity index (χ3n) is 2.16. The summed E-state index contributed by atoms with van der Waals surface area (Å²) in [5.74, 6) is -1.46. The Morgan fingerprint density at radius 1 is 1.47 bits per heavy atom. The first-order valence-electron chi connectivity index (χ1n) is 4.69. The first-order valence-corrected chi connectivity index (χ1v) is 4.69. The molecule has 2 atom stereocenters. The van der Waals surface area contributed by atoms with Crippen molar-refractivity contribution in [2.75, 3.05) is 20.2 Å². The van der Waals surface area contributed by atoms with Crippen LogP contribution >= 0.6 is 0 Å². The maximum absolute atomic E-state index is 10.8. The van der Waals surface area contributed by atoms with Crippen LogP contribution in [0.4, 0.5) is 0 Å². The Hall–Kier alpha value is -1.14. The van der Waals surface area contributed by atoms with E-state index in [2.05, 4.69) is 5.32 Å². The summed E-state index contributed by atoms with van der Waals surface area (Å²) < 4.78 is 0. The van der Waals surface area contributed by atoms with Crippen LogP contribution < -0.4 is 5.32 Å². The van der Waals surface area contributed by atoms with Crippen LogP contribution in [0.2, 0.25) is 0 Å². The van der Waals surface area contributed by atoms with E-state index in [0.29, 0.717) is 0 Å². The number of hydrogen-bond donors (Lipinski definition) is 3. The van der Waals surface area contributed by atoms with E-state index in [-0.39, 0.29) is 25.1 Å². The van der Waals surface area contributed by atoms with Crippen molar-refractivity contribution in [1.29, 1.82) is 0 Å². The van der Waals surface area contributed by atoms with Crippen molar-refractivity contribution in [2.24, 2.45) is 0 Å². The van der Waals surface area contributed by atoms with E-state index >= 15 is 0 Å². The summed E-state index contributed by atoms with van der Waals surface area (Å²) in [5.41, 5.74) is 0. The van der Waals surface area contributed by atoms with Crippen molar-refractivity contribution < 1.29 is 19.8 Å². The zero-order valence-corrected chi connectivity index (χ0v) is 9.23. The number of likely N-dealkylation sites (N-methyl/N-ethyl adjacent to an activating group) is 1. The molecule has 0 saturated carbocycles. The number of aliphatic carboxylic acids is 1. The lowest BCUT2D eigenvalue weighted by Crippen LogP contribution is -2.49. The van der Waals surface area contributed by atoms with Gasteiger partial charge in [-0.3, -0.25) is 9.69 Å². The molecule has 0 radical (unpaired) electrons. The topological polar surface area (TPSA) is 89.9 Å². The van der Waals surface area contributed by atoms with Gasteiger partial charge < -0.3 is 15.5 Å². The fraction of sp³-hybridized carbons (Fsp3) is 0.778. The van der Waals surface area contributed by atoms with E-state index in [4.69, 9.17) is 10.2 Å². The molecule has 0 aliphatic rings. The lowest BCUT2D eigenvalue weighted by atomic mass is 10.2. The van der Waals surface area contributed by atoms with Crippen LogP contribution in [0.15, 0.2) is 0 Å². The minimum atomic E-state index is -1.08. The van der Waals surface area contributed by atoms with E-state index in [1.165, 1.54) is 6.92 Å². The monoisotopic (exact) mass is 218 g/mol. The van der Waals surface area contributed by atoms with Gasteiger partial charge in [0.1, 0.15) is 6.04 Å². The quantitative estimate of drug-likeness (QED) is 0.526. The molecule has 1 amide bonds. The maximum atomic E-state index is 10.8. The number of carboxylic acid groups (broad SMARTS) is 1. The number of amides is 1. The van der Waals surface area contributed by atoms with E-state index in [9.17, 15) is 9.59 Å². The summed E-state index contributed by atoms with van der Waals surface area (Å²) >= 11 is 0. The van der Waals surface area contributed by atoms with Gasteiger partial charge in [0.2, 0.25) is 5.91 Å². The number of rotatable bonds is 6. The second-order valence-corrected chi connectivity index (χ2v) is 3.56. The van der Waals surface area contributed by atoms with Crippen LogP contribution in [-0.2, 0) is 9.59 Å². The molecule has 0 saturated heterocycles. The standard InChI is InChI=1S/C9H18N2O4/c1-6(5-12)11(3)4-8(9(14)15)10-7(2)13/h6,8,12H,4-5H2,1-3H3,(H,10,13)(H,14,15). The van der Waals surface area contributed by atoms with Crippen molar-refractivity contribution >= 4 is 11.9 Å². The lowest BCUT2D eigenvalue weighted by molar-refractivity contribution is -0.142. The maximum Gasteiger partial charge on any atom is 0.327 e. The zero-order valence-electron chi connectivity index (χ0n) is 9.23. The fourth-order valence-electron chi connectivity index (χ4n) is 1.04. The summed E-state index contributed by atoms with van der Waals surface area (Å²) in [7, 11) is 1.69. The van der Waals surface area contributed by atoms with Crippen LogP contribution in [0, 0.1) is 0 Å². The zero-order chi connectivity index (χ0) is 12.0. The number of aliphatic hydroxyl groups is 1. The number of hydrogen-bond acceptors (Lipinski definition) is 4. The predicted octanol–water partition coefficient (Wildman–Crippen LogP) is -1.11.